The molecular formula is C16H27N3O3S2. The van der Waals surface area contributed by atoms with Gasteiger partial charge in [0.25, 0.3) is 10.0 Å². The van der Waals surface area contributed by atoms with Gasteiger partial charge in [-0.1, -0.05) is 13.8 Å². The molecule has 2 heterocycles. The molecule has 0 radical (unpaired) electrons. The first-order valence-electron chi connectivity index (χ1n) is 8.45. The minimum absolute atomic E-state index is 0.126. The Kier molecular flexibility index (Phi) is 6.41. The molecule has 0 bridgehead atoms. The van der Waals surface area contributed by atoms with Crippen LogP contribution in [-0.2, 0) is 21.2 Å². The van der Waals surface area contributed by atoms with Gasteiger partial charge < -0.3 is 11.1 Å². The van der Waals surface area contributed by atoms with Gasteiger partial charge in [0, 0.05) is 30.1 Å². The number of sulfonamides is 1. The monoisotopic (exact) mass is 373 g/mol. The van der Waals surface area contributed by atoms with Gasteiger partial charge in [0.1, 0.15) is 4.21 Å². The second kappa shape index (κ2) is 7.95. The fourth-order valence-electron chi connectivity index (χ4n) is 2.64. The zero-order valence-corrected chi connectivity index (χ0v) is 16.0. The molecule has 0 aliphatic carbocycles. The lowest BCUT2D eigenvalue weighted by Gasteiger charge is -2.26. The van der Waals surface area contributed by atoms with Crippen molar-refractivity contribution in [2.45, 2.75) is 55.7 Å². The standard InChI is InChI=1S/C16H27N3O3S2/c1-3-16(17,4-2)12-18-14(20)11-13-7-8-15(23-13)24(21,22)19-9-5-6-10-19/h7-8H,3-6,9-12,17H2,1-2H3,(H,18,20). The van der Waals surface area contributed by atoms with E-state index < -0.39 is 10.0 Å². The quantitative estimate of drug-likeness (QED) is 0.725. The second-order valence-electron chi connectivity index (χ2n) is 6.35. The van der Waals surface area contributed by atoms with E-state index in [1.807, 2.05) is 13.8 Å². The summed E-state index contributed by atoms with van der Waals surface area (Å²) in [5.74, 6) is -0.126. The van der Waals surface area contributed by atoms with Gasteiger partial charge >= 0.3 is 0 Å². The molecule has 24 heavy (non-hydrogen) atoms. The van der Waals surface area contributed by atoms with Crippen molar-refractivity contribution in [1.29, 1.82) is 0 Å². The van der Waals surface area contributed by atoms with E-state index >= 15 is 0 Å². The molecule has 0 aromatic carbocycles. The minimum atomic E-state index is -3.40. The molecule has 0 unspecified atom stereocenters. The van der Waals surface area contributed by atoms with Crippen LogP contribution in [0.15, 0.2) is 16.3 Å². The summed E-state index contributed by atoms with van der Waals surface area (Å²) >= 11 is 1.18. The smallest absolute Gasteiger partial charge is 0.252 e. The molecule has 1 saturated heterocycles. The SMILES string of the molecule is CCC(N)(CC)CNC(=O)Cc1ccc(S(=O)(=O)N2CCCC2)s1. The van der Waals surface area contributed by atoms with E-state index in [1.54, 1.807) is 12.1 Å². The number of thiophene rings is 1. The highest BCUT2D eigenvalue weighted by Crippen LogP contribution is 2.27. The second-order valence-corrected chi connectivity index (χ2v) is 9.69. The number of rotatable bonds is 8. The van der Waals surface area contributed by atoms with Crippen LogP contribution in [0.1, 0.15) is 44.4 Å². The van der Waals surface area contributed by atoms with Crippen molar-refractivity contribution >= 4 is 27.3 Å². The van der Waals surface area contributed by atoms with Gasteiger partial charge in [-0.3, -0.25) is 4.79 Å². The van der Waals surface area contributed by atoms with Gasteiger partial charge in [0.05, 0.1) is 6.42 Å². The fraction of sp³-hybridized carbons (Fsp3) is 0.688. The van der Waals surface area contributed by atoms with E-state index in [-0.39, 0.29) is 17.9 Å². The van der Waals surface area contributed by atoms with Crippen LogP contribution in [0.2, 0.25) is 0 Å². The van der Waals surface area contributed by atoms with Gasteiger partial charge in [0.2, 0.25) is 5.91 Å². The predicted molar refractivity (Wildman–Crippen MR) is 96.5 cm³/mol. The average molecular weight is 374 g/mol. The number of nitrogens with zero attached hydrogens (tertiary/aromatic N) is 1. The van der Waals surface area contributed by atoms with Crippen LogP contribution in [0, 0.1) is 0 Å². The first-order valence-corrected chi connectivity index (χ1v) is 10.7. The highest BCUT2D eigenvalue weighted by Gasteiger charge is 2.28. The van der Waals surface area contributed by atoms with E-state index in [0.717, 1.165) is 30.6 Å². The average Bonchev–Trinajstić information content (AvgIpc) is 3.24. The molecule has 1 aliphatic heterocycles. The van der Waals surface area contributed by atoms with Gasteiger partial charge in [-0.25, -0.2) is 8.42 Å². The Labute approximate surface area is 148 Å². The number of nitrogens with two attached hydrogens (primary N) is 1. The third-order valence-corrected chi connectivity index (χ3v) is 8.13. The highest BCUT2D eigenvalue weighted by molar-refractivity contribution is 7.91. The van der Waals surface area contributed by atoms with E-state index in [2.05, 4.69) is 5.32 Å². The van der Waals surface area contributed by atoms with Crippen molar-refractivity contribution in [1.82, 2.24) is 9.62 Å². The van der Waals surface area contributed by atoms with E-state index in [4.69, 9.17) is 5.73 Å². The Morgan fingerprint density at radius 2 is 1.92 bits per heavy atom. The molecule has 0 spiro atoms. The normalized spacial score (nSPS) is 16.5. The van der Waals surface area contributed by atoms with Gasteiger partial charge in [-0.05, 0) is 37.8 Å². The fourth-order valence-corrected chi connectivity index (χ4v) is 5.67. The third kappa shape index (κ3) is 4.56. The first-order chi connectivity index (χ1) is 11.3. The maximum atomic E-state index is 12.5. The summed E-state index contributed by atoms with van der Waals surface area (Å²) in [6.45, 7) is 5.61. The van der Waals surface area contributed by atoms with E-state index in [0.29, 0.717) is 23.8 Å². The van der Waals surface area contributed by atoms with Gasteiger partial charge in [-0.15, -0.1) is 11.3 Å². The summed E-state index contributed by atoms with van der Waals surface area (Å²) in [6, 6.07) is 3.33. The van der Waals surface area contributed by atoms with Crippen LogP contribution in [-0.4, -0.2) is 43.8 Å². The molecule has 0 saturated carbocycles. The molecule has 1 fully saturated rings. The first kappa shape index (κ1) is 19.4. The van der Waals surface area contributed by atoms with Crippen LogP contribution < -0.4 is 11.1 Å². The van der Waals surface area contributed by atoms with E-state index in [1.165, 1.54) is 15.6 Å². The van der Waals surface area contributed by atoms with Crippen molar-refractivity contribution in [2.75, 3.05) is 19.6 Å². The maximum Gasteiger partial charge on any atom is 0.252 e. The molecule has 136 valence electrons. The van der Waals surface area contributed by atoms with Crippen molar-refractivity contribution in [2.24, 2.45) is 5.73 Å². The number of hydrogen-bond acceptors (Lipinski definition) is 5. The summed E-state index contributed by atoms with van der Waals surface area (Å²) in [4.78, 5) is 12.8. The summed E-state index contributed by atoms with van der Waals surface area (Å²) in [7, 11) is -3.40. The van der Waals surface area contributed by atoms with Crippen molar-refractivity contribution in [3.63, 3.8) is 0 Å². The van der Waals surface area contributed by atoms with E-state index in [9.17, 15) is 13.2 Å². The lowest BCUT2D eigenvalue weighted by Crippen LogP contribution is -2.49. The molecule has 1 aliphatic rings. The Balaban J connectivity index is 1.95. The number of nitrogens with one attached hydrogen (secondary N) is 1. The largest absolute Gasteiger partial charge is 0.354 e. The Hall–Kier alpha value is -0.960. The molecule has 6 nitrogen and oxygen atoms in total. The Morgan fingerprint density at radius 1 is 1.29 bits per heavy atom. The van der Waals surface area contributed by atoms with Crippen LogP contribution in [0.4, 0.5) is 0 Å². The summed E-state index contributed by atoms with van der Waals surface area (Å²) < 4.78 is 26.8. The number of carbonyl (C=O) groups is 1. The molecule has 1 aromatic heterocycles. The van der Waals surface area contributed by atoms with Crippen molar-refractivity contribution < 1.29 is 13.2 Å². The molecule has 8 heteroatoms. The van der Waals surface area contributed by atoms with Gasteiger partial charge in [-0.2, -0.15) is 4.31 Å². The Bertz CT molecular complexity index is 660. The lowest BCUT2D eigenvalue weighted by atomic mass is 9.94. The maximum absolute atomic E-state index is 12.5. The molecular weight excluding hydrogens is 346 g/mol. The third-order valence-electron chi connectivity index (χ3n) is 4.68. The van der Waals surface area contributed by atoms with Crippen LogP contribution in [0.25, 0.3) is 0 Å². The Morgan fingerprint density at radius 3 is 2.50 bits per heavy atom. The van der Waals surface area contributed by atoms with Crippen LogP contribution in [0.3, 0.4) is 0 Å². The van der Waals surface area contributed by atoms with Crippen molar-refractivity contribution in [3.05, 3.63) is 17.0 Å². The van der Waals surface area contributed by atoms with Crippen molar-refractivity contribution in [3.8, 4) is 0 Å². The highest BCUT2D eigenvalue weighted by atomic mass is 32.2. The molecule has 1 amide bonds. The number of amides is 1. The topological polar surface area (TPSA) is 92.5 Å². The molecule has 2 rings (SSSR count). The molecule has 3 N–H and O–H groups in total. The zero-order chi connectivity index (χ0) is 17.8. The number of hydrogen-bond donors (Lipinski definition) is 2. The van der Waals surface area contributed by atoms with Gasteiger partial charge in [0.15, 0.2) is 0 Å². The lowest BCUT2D eigenvalue weighted by molar-refractivity contribution is -0.120. The van der Waals surface area contributed by atoms with Crippen LogP contribution >= 0.6 is 11.3 Å². The summed E-state index contributed by atoms with van der Waals surface area (Å²) in [5, 5.41) is 2.86. The molecule has 1 aromatic rings. The summed E-state index contributed by atoms with van der Waals surface area (Å²) in [6.07, 6.45) is 3.59. The minimum Gasteiger partial charge on any atom is -0.354 e. The summed E-state index contributed by atoms with van der Waals surface area (Å²) in [5.41, 5.74) is 5.79. The zero-order valence-electron chi connectivity index (χ0n) is 14.4. The van der Waals surface area contributed by atoms with Crippen LogP contribution in [0.5, 0.6) is 0 Å². The predicted octanol–water partition coefficient (Wildman–Crippen LogP) is 1.71. The number of carbonyl (C=O) groups excluding carboxylic acids is 1. The molecule has 0 atom stereocenters.